The minimum Gasteiger partial charge on any atom is -0.569 e. The highest BCUT2D eigenvalue weighted by atomic mass is 32.2. The Hall–Kier alpha value is -1.68. The maximum atomic E-state index is 12.0. The Labute approximate surface area is 210 Å². The van der Waals surface area contributed by atoms with E-state index in [1.165, 1.54) is 20.5 Å². The lowest BCUT2D eigenvalue weighted by Gasteiger charge is -2.21. The van der Waals surface area contributed by atoms with E-state index in [-0.39, 0.29) is 29.4 Å². The first kappa shape index (κ1) is 34.5. The fraction of sp³-hybridized carbons (Fsp3) is 0.875. The predicted molar refractivity (Wildman–Crippen MR) is 136 cm³/mol. The third-order valence-electron chi connectivity index (χ3n) is 4.85. The molecule has 0 aromatic heterocycles. The highest BCUT2D eigenvalue weighted by molar-refractivity contribution is 8.00. The molecule has 1 saturated carbocycles. The number of ether oxygens (including phenoxy) is 1. The average molecular weight is 506 g/mol. The second-order valence-electron chi connectivity index (χ2n) is 7.46. The van der Waals surface area contributed by atoms with Crippen molar-refractivity contribution in [1.82, 2.24) is 5.01 Å². The van der Waals surface area contributed by atoms with Gasteiger partial charge in [-0.05, 0) is 51.2 Å². The van der Waals surface area contributed by atoms with E-state index in [1.807, 2.05) is 27.7 Å². The zero-order valence-electron chi connectivity index (χ0n) is 22.3. The number of Topliss-reactive ketones (excluding diaryl/α,β-unsaturated/α-hetero) is 3. The number of piperidine rings is 1. The van der Waals surface area contributed by atoms with Gasteiger partial charge in [0.2, 0.25) is 12.1 Å². The van der Waals surface area contributed by atoms with Gasteiger partial charge in [-0.25, -0.2) is 0 Å². The standard InChI is InChI=1S/C13H20O3S.C7H15N3O3.2C2H6/c1-3-7-17-12-8-11(15)10(13(12)16)6-4-5-9(2)14;1-12-7-13-8-10(11)9-5-3-2-4-6-9;2*1-2/h10,12H,3-8H2,1-2H3;2-7H2,1H3;2*1-2H3/b;10-8-;;. The molecule has 200 valence electrons. The maximum absolute atomic E-state index is 12.0. The molecule has 2 unspecified atom stereocenters. The Morgan fingerprint density at radius 1 is 1.18 bits per heavy atom. The Bertz CT molecular complexity index is 583. The van der Waals surface area contributed by atoms with Gasteiger partial charge in [0.1, 0.15) is 11.6 Å². The second-order valence-corrected chi connectivity index (χ2v) is 8.77. The number of hydrazine groups is 1. The van der Waals surface area contributed by atoms with Crippen molar-refractivity contribution >= 4 is 29.1 Å². The lowest BCUT2D eigenvalue weighted by Crippen LogP contribution is -2.35. The summed E-state index contributed by atoms with van der Waals surface area (Å²) in [5.41, 5.74) is 0. The van der Waals surface area contributed by atoms with E-state index in [2.05, 4.69) is 21.8 Å². The van der Waals surface area contributed by atoms with Gasteiger partial charge in [-0.3, -0.25) is 9.59 Å². The smallest absolute Gasteiger partial charge is 0.235 e. The summed E-state index contributed by atoms with van der Waals surface area (Å²) in [7, 11) is 1.48. The Morgan fingerprint density at radius 3 is 2.32 bits per heavy atom. The summed E-state index contributed by atoms with van der Waals surface area (Å²) in [4.78, 5) is 39.6. The number of methoxy groups -OCH3 is 1. The molecule has 0 aromatic rings. The van der Waals surface area contributed by atoms with Gasteiger partial charge in [0.25, 0.3) is 0 Å². The molecule has 1 aliphatic carbocycles. The van der Waals surface area contributed by atoms with Crippen LogP contribution >= 0.6 is 11.8 Å². The van der Waals surface area contributed by atoms with Crippen LogP contribution in [0.15, 0.2) is 5.28 Å². The van der Waals surface area contributed by atoms with E-state index in [4.69, 9.17) is 0 Å². The van der Waals surface area contributed by atoms with Crippen LogP contribution < -0.4 is 0 Å². The van der Waals surface area contributed by atoms with Gasteiger partial charge in [0.15, 0.2) is 5.78 Å². The minimum atomic E-state index is -0.427. The van der Waals surface area contributed by atoms with Gasteiger partial charge in [0.05, 0.1) is 29.2 Å². The predicted octanol–water partition coefficient (Wildman–Crippen LogP) is 5.35. The molecule has 0 amide bonds. The van der Waals surface area contributed by atoms with Crippen LogP contribution in [0, 0.1) is 11.1 Å². The topological polar surface area (TPSA) is 111 Å². The molecule has 0 aromatic carbocycles. The molecule has 2 fully saturated rings. The average Bonchev–Trinajstić information content (AvgIpc) is 3.13. The quantitative estimate of drug-likeness (QED) is 0.0922. The van der Waals surface area contributed by atoms with E-state index in [1.54, 1.807) is 16.8 Å². The molecule has 1 aliphatic heterocycles. The lowest BCUT2D eigenvalue weighted by molar-refractivity contribution is -0.713. The third kappa shape index (κ3) is 15.3. The summed E-state index contributed by atoms with van der Waals surface area (Å²) in [6.07, 6.45) is 6.37. The van der Waals surface area contributed by atoms with Crippen LogP contribution in [-0.4, -0.2) is 65.3 Å². The van der Waals surface area contributed by atoms with Crippen LogP contribution in [-0.2, 0) is 24.0 Å². The fourth-order valence-corrected chi connectivity index (χ4v) is 4.42. The van der Waals surface area contributed by atoms with Crippen LogP contribution in [0.2, 0.25) is 0 Å². The first-order valence-electron chi connectivity index (χ1n) is 12.6. The van der Waals surface area contributed by atoms with Crippen molar-refractivity contribution in [3.8, 4) is 0 Å². The minimum absolute atomic E-state index is 0.00653. The SMILES string of the molecule is CC.CC.CCCSC1CC(=O)C(CCCC(C)=O)C1=O.COCO/N=[N+](\[O-])N1CCCCC1. The first-order valence-corrected chi connectivity index (χ1v) is 13.7. The highest BCUT2D eigenvalue weighted by Crippen LogP contribution is 2.31. The monoisotopic (exact) mass is 505 g/mol. The molecule has 0 radical (unpaired) electrons. The number of carbonyl (C=O) groups is 3. The van der Waals surface area contributed by atoms with Crippen molar-refractivity contribution in [3.63, 3.8) is 0 Å². The van der Waals surface area contributed by atoms with Crippen molar-refractivity contribution in [2.24, 2.45) is 11.2 Å². The summed E-state index contributed by atoms with van der Waals surface area (Å²) >= 11 is 1.60. The summed E-state index contributed by atoms with van der Waals surface area (Å²) in [5, 5.41) is 16.0. The molecule has 0 bridgehead atoms. The van der Waals surface area contributed by atoms with Crippen molar-refractivity contribution in [1.29, 1.82) is 0 Å². The molecule has 2 aliphatic rings. The highest BCUT2D eigenvalue weighted by Gasteiger charge is 2.40. The second kappa shape index (κ2) is 23.1. The Balaban J connectivity index is 0. The van der Waals surface area contributed by atoms with Crippen LogP contribution in [0.5, 0.6) is 0 Å². The largest absolute Gasteiger partial charge is 0.569 e. The van der Waals surface area contributed by atoms with E-state index >= 15 is 0 Å². The lowest BCUT2D eigenvalue weighted by atomic mass is 9.98. The normalized spacial score (nSPS) is 19.7. The number of rotatable bonds is 11. The summed E-state index contributed by atoms with van der Waals surface area (Å²) < 4.78 is 4.58. The maximum Gasteiger partial charge on any atom is 0.235 e. The molecule has 2 rings (SSSR count). The molecule has 0 spiro atoms. The van der Waals surface area contributed by atoms with E-state index in [0.717, 1.165) is 38.1 Å². The van der Waals surface area contributed by atoms with Gasteiger partial charge in [-0.1, -0.05) is 34.6 Å². The van der Waals surface area contributed by atoms with Crippen molar-refractivity contribution in [2.75, 3.05) is 32.7 Å². The van der Waals surface area contributed by atoms with Gasteiger partial charge in [-0.2, -0.15) is 11.8 Å². The van der Waals surface area contributed by atoms with Crippen LogP contribution in [0.25, 0.3) is 0 Å². The summed E-state index contributed by atoms with van der Waals surface area (Å²) in [6.45, 7) is 13.1. The molecule has 34 heavy (non-hydrogen) atoms. The van der Waals surface area contributed by atoms with Crippen LogP contribution in [0.1, 0.15) is 92.9 Å². The van der Waals surface area contributed by atoms with Crippen LogP contribution in [0.4, 0.5) is 0 Å². The van der Waals surface area contributed by atoms with Crippen molar-refractivity contribution < 1.29 is 28.9 Å². The molecule has 10 heteroatoms. The Kier molecular flexibility index (Phi) is 23.4. The van der Waals surface area contributed by atoms with Gasteiger partial charge in [-0.15, -0.1) is 5.01 Å². The van der Waals surface area contributed by atoms with Crippen LogP contribution in [0.3, 0.4) is 0 Å². The first-order chi connectivity index (χ1) is 16.4. The zero-order valence-corrected chi connectivity index (χ0v) is 23.2. The molecule has 1 heterocycles. The number of nitrogens with zero attached hydrogens (tertiary/aromatic N) is 3. The molecule has 9 nitrogen and oxygen atoms in total. The fourth-order valence-electron chi connectivity index (χ4n) is 3.29. The third-order valence-corrected chi connectivity index (χ3v) is 6.30. The molecule has 0 N–H and O–H groups in total. The number of thioether (sulfide) groups is 1. The van der Waals surface area contributed by atoms with E-state index in [9.17, 15) is 19.6 Å². The summed E-state index contributed by atoms with van der Waals surface area (Å²) in [5.74, 6) is 0.803. The number of carbonyl (C=O) groups excluding carboxylic acids is 3. The van der Waals surface area contributed by atoms with Crippen molar-refractivity contribution in [3.05, 3.63) is 5.21 Å². The van der Waals surface area contributed by atoms with E-state index < -0.39 is 5.92 Å². The number of hydrogen-bond acceptors (Lipinski definition) is 8. The molecular formula is C24H47N3O6S. The number of ketones is 3. The Morgan fingerprint density at radius 2 is 1.79 bits per heavy atom. The van der Waals surface area contributed by atoms with Gasteiger partial charge >= 0.3 is 0 Å². The van der Waals surface area contributed by atoms with E-state index in [0.29, 0.717) is 30.7 Å². The molecular weight excluding hydrogens is 458 g/mol. The van der Waals surface area contributed by atoms with Crippen molar-refractivity contribution in [2.45, 2.75) is 98.2 Å². The number of hydrogen-bond donors (Lipinski definition) is 0. The zero-order chi connectivity index (χ0) is 26.4. The molecule has 2 atom stereocenters. The van der Waals surface area contributed by atoms with Gasteiger partial charge < -0.3 is 19.6 Å². The summed E-state index contributed by atoms with van der Waals surface area (Å²) in [6, 6.07) is 0. The molecule has 1 saturated heterocycles. The van der Waals surface area contributed by atoms with Gasteiger partial charge in [0, 0.05) is 20.0 Å².